The molecule has 1 nitrogen and oxygen atoms in total. The van der Waals surface area contributed by atoms with Crippen molar-refractivity contribution in [3.63, 3.8) is 0 Å². The van der Waals surface area contributed by atoms with E-state index in [9.17, 15) is 0 Å². The fraction of sp³-hybridized carbons (Fsp3) is 0.294. The highest BCUT2D eigenvalue weighted by Crippen LogP contribution is 2.32. The summed E-state index contributed by atoms with van der Waals surface area (Å²) in [5.74, 6) is 0. The smallest absolute Gasteiger partial charge is 0.0657 e. The molecule has 2 aromatic carbocycles. The fourth-order valence-corrected chi connectivity index (χ4v) is 2.69. The second kappa shape index (κ2) is 6.48. The van der Waals surface area contributed by atoms with E-state index in [1.54, 1.807) is 12.1 Å². The molecule has 0 fully saturated rings. The van der Waals surface area contributed by atoms with Crippen molar-refractivity contribution in [2.45, 2.75) is 32.7 Å². The standard InChI is InChI=1S/C17H18Cl3N/c1-17(2,3)11-4-6-12(7-5-11)21-10-13-14(18)8-9-15(19)16(13)20/h4-9,21H,10H2,1-3H3. The van der Waals surface area contributed by atoms with Crippen LogP contribution in [0.4, 0.5) is 5.69 Å². The van der Waals surface area contributed by atoms with Crippen LogP contribution in [-0.4, -0.2) is 0 Å². The van der Waals surface area contributed by atoms with Gasteiger partial charge in [0.2, 0.25) is 0 Å². The van der Waals surface area contributed by atoms with Crippen LogP contribution in [-0.2, 0) is 12.0 Å². The molecule has 2 rings (SSSR count). The van der Waals surface area contributed by atoms with Crippen LogP contribution in [0.1, 0.15) is 31.9 Å². The van der Waals surface area contributed by atoms with Gasteiger partial charge in [0.1, 0.15) is 0 Å². The van der Waals surface area contributed by atoms with E-state index >= 15 is 0 Å². The molecule has 0 heterocycles. The van der Waals surface area contributed by atoms with Crippen molar-refractivity contribution in [3.05, 3.63) is 62.6 Å². The largest absolute Gasteiger partial charge is 0.381 e. The zero-order valence-electron chi connectivity index (χ0n) is 12.3. The topological polar surface area (TPSA) is 12.0 Å². The maximum Gasteiger partial charge on any atom is 0.0657 e. The highest BCUT2D eigenvalue weighted by Gasteiger charge is 2.13. The van der Waals surface area contributed by atoms with Gasteiger partial charge in [-0.2, -0.15) is 0 Å². The zero-order chi connectivity index (χ0) is 15.6. The quantitative estimate of drug-likeness (QED) is 0.623. The molecule has 0 aliphatic rings. The Morgan fingerprint density at radius 3 is 2.00 bits per heavy atom. The molecule has 0 bridgehead atoms. The first kappa shape index (κ1) is 16.5. The van der Waals surface area contributed by atoms with Crippen molar-refractivity contribution in [2.75, 3.05) is 5.32 Å². The third kappa shape index (κ3) is 4.06. The van der Waals surface area contributed by atoms with Gasteiger partial charge < -0.3 is 5.32 Å². The van der Waals surface area contributed by atoms with E-state index in [1.807, 2.05) is 0 Å². The molecule has 0 spiro atoms. The lowest BCUT2D eigenvalue weighted by molar-refractivity contribution is 0.590. The number of rotatable bonds is 3. The molecule has 0 radical (unpaired) electrons. The van der Waals surface area contributed by atoms with E-state index in [0.717, 1.165) is 11.3 Å². The summed E-state index contributed by atoms with van der Waals surface area (Å²) in [5, 5.41) is 4.95. The van der Waals surface area contributed by atoms with Crippen LogP contribution >= 0.6 is 34.8 Å². The second-order valence-corrected chi connectivity index (χ2v) is 7.20. The lowest BCUT2D eigenvalue weighted by atomic mass is 9.87. The molecule has 0 aliphatic carbocycles. The van der Waals surface area contributed by atoms with Crippen molar-refractivity contribution in [2.24, 2.45) is 0 Å². The molecule has 1 N–H and O–H groups in total. The Hall–Kier alpha value is -0.890. The molecule has 0 aromatic heterocycles. The van der Waals surface area contributed by atoms with E-state index in [2.05, 4.69) is 50.4 Å². The van der Waals surface area contributed by atoms with Gasteiger partial charge in [-0.05, 0) is 35.2 Å². The molecular formula is C17H18Cl3N. The summed E-state index contributed by atoms with van der Waals surface area (Å²) < 4.78 is 0. The zero-order valence-corrected chi connectivity index (χ0v) is 14.6. The van der Waals surface area contributed by atoms with Gasteiger partial charge in [-0.1, -0.05) is 67.7 Å². The Bertz CT molecular complexity index is 628. The summed E-state index contributed by atoms with van der Waals surface area (Å²) in [6.45, 7) is 7.12. The highest BCUT2D eigenvalue weighted by atomic mass is 35.5. The molecule has 21 heavy (non-hydrogen) atoms. The molecule has 0 atom stereocenters. The minimum atomic E-state index is 0.151. The Morgan fingerprint density at radius 2 is 1.43 bits per heavy atom. The molecule has 0 saturated heterocycles. The Balaban J connectivity index is 2.12. The fourth-order valence-electron chi connectivity index (χ4n) is 2.01. The normalized spacial score (nSPS) is 11.5. The van der Waals surface area contributed by atoms with Gasteiger partial charge in [-0.15, -0.1) is 0 Å². The van der Waals surface area contributed by atoms with Gasteiger partial charge in [0.05, 0.1) is 10.0 Å². The Morgan fingerprint density at radius 1 is 0.857 bits per heavy atom. The number of nitrogens with one attached hydrogen (secondary N) is 1. The minimum Gasteiger partial charge on any atom is -0.381 e. The first-order valence-corrected chi connectivity index (χ1v) is 7.89. The lowest BCUT2D eigenvalue weighted by Gasteiger charge is -2.19. The number of halogens is 3. The molecule has 0 aliphatic heterocycles. The van der Waals surface area contributed by atoms with Gasteiger partial charge in [-0.3, -0.25) is 0 Å². The lowest BCUT2D eigenvalue weighted by Crippen LogP contribution is -2.10. The second-order valence-electron chi connectivity index (χ2n) is 6.00. The molecule has 0 amide bonds. The van der Waals surface area contributed by atoms with E-state index in [1.165, 1.54) is 5.56 Å². The average molecular weight is 343 g/mol. The van der Waals surface area contributed by atoms with E-state index < -0.39 is 0 Å². The van der Waals surface area contributed by atoms with E-state index in [-0.39, 0.29) is 5.41 Å². The number of hydrogen-bond donors (Lipinski definition) is 1. The van der Waals surface area contributed by atoms with Crippen molar-refractivity contribution in [3.8, 4) is 0 Å². The van der Waals surface area contributed by atoms with Crippen molar-refractivity contribution in [1.82, 2.24) is 0 Å². The van der Waals surface area contributed by atoms with E-state index in [4.69, 9.17) is 34.8 Å². The summed E-state index contributed by atoms with van der Waals surface area (Å²) in [5.41, 5.74) is 3.28. The third-order valence-corrected chi connectivity index (χ3v) is 4.56. The highest BCUT2D eigenvalue weighted by molar-refractivity contribution is 6.44. The molecule has 112 valence electrons. The minimum absolute atomic E-state index is 0.151. The maximum absolute atomic E-state index is 6.19. The van der Waals surface area contributed by atoms with Crippen molar-refractivity contribution in [1.29, 1.82) is 0 Å². The van der Waals surface area contributed by atoms with Crippen LogP contribution in [0.5, 0.6) is 0 Å². The van der Waals surface area contributed by atoms with Crippen LogP contribution < -0.4 is 5.32 Å². The Labute approximate surface area is 141 Å². The van der Waals surface area contributed by atoms with Crippen LogP contribution in [0.25, 0.3) is 0 Å². The van der Waals surface area contributed by atoms with Gasteiger partial charge in [-0.25, -0.2) is 0 Å². The molecule has 2 aromatic rings. The monoisotopic (exact) mass is 341 g/mol. The Kier molecular flexibility index (Phi) is 5.08. The number of hydrogen-bond acceptors (Lipinski definition) is 1. The third-order valence-electron chi connectivity index (χ3n) is 3.36. The van der Waals surface area contributed by atoms with Gasteiger partial charge in [0.15, 0.2) is 0 Å². The molecule has 0 unspecified atom stereocenters. The summed E-state index contributed by atoms with van der Waals surface area (Å²) in [7, 11) is 0. The van der Waals surface area contributed by atoms with Gasteiger partial charge in [0.25, 0.3) is 0 Å². The molecule has 0 saturated carbocycles. The summed E-state index contributed by atoms with van der Waals surface area (Å²) in [6.07, 6.45) is 0. The first-order chi connectivity index (χ1) is 9.79. The summed E-state index contributed by atoms with van der Waals surface area (Å²) >= 11 is 18.4. The summed E-state index contributed by atoms with van der Waals surface area (Å²) in [6, 6.07) is 11.8. The van der Waals surface area contributed by atoms with Crippen LogP contribution in [0.15, 0.2) is 36.4 Å². The van der Waals surface area contributed by atoms with Crippen LogP contribution in [0.3, 0.4) is 0 Å². The van der Waals surface area contributed by atoms with Crippen molar-refractivity contribution < 1.29 is 0 Å². The summed E-state index contributed by atoms with van der Waals surface area (Å²) in [4.78, 5) is 0. The van der Waals surface area contributed by atoms with Crippen LogP contribution in [0, 0.1) is 0 Å². The van der Waals surface area contributed by atoms with Crippen molar-refractivity contribution >= 4 is 40.5 Å². The predicted octanol–water partition coefficient (Wildman–Crippen LogP) is 6.56. The van der Waals surface area contributed by atoms with Gasteiger partial charge in [0, 0.05) is 22.8 Å². The van der Waals surface area contributed by atoms with E-state index in [0.29, 0.717) is 21.6 Å². The maximum atomic E-state index is 6.19. The molecular weight excluding hydrogens is 325 g/mol. The first-order valence-electron chi connectivity index (χ1n) is 6.76. The SMILES string of the molecule is CC(C)(C)c1ccc(NCc2c(Cl)ccc(Cl)c2Cl)cc1. The average Bonchev–Trinajstić information content (AvgIpc) is 2.43. The number of benzene rings is 2. The molecule has 4 heteroatoms. The van der Waals surface area contributed by atoms with Gasteiger partial charge >= 0.3 is 0 Å². The number of anilines is 1. The predicted molar refractivity (Wildman–Crippen MR) is 93.9 cm³/mol. The van der Waals surface area contributed by atoms with Crippen LogP contribution in [0.2, 0.25) is 15.1 Å².